The summed E-state index contributed by atoms with van der Waals surface area (Å²) in [4.78, 5) is 0. The summed E-state index contributed by atoms with van der Waals surface area (Å²) >= 11 is 2.22. The summed E-state index contributed by atoms with van der Waals surface area (Å²) in [7, 11) is 1.70. The fourth-order valence-corrected chi connectivity index (χ4v) is 3.10. The van der Waals surface area contributed by atoms with Crippen LogP contribution < -0.4 is 10.5 Å². The van der Waals surface area contributed by atoms with Crippen LogP contribution in [0.4, 0.5) is 5.82 Å². The van der Waals surface area contributed by atoms with Crippen molar-refractivity contribution in [1.29, 1.82) is 0 Å². The second kappa shape index (κ2) is 5.03. The van der Waals surface area contributed by atoms with Crippen molar-refractivity contribution in [1.82, 2.24) is 9.78 Å². The van der Waals surface area contributed by atoms with Crippen LogP contribution in [-0.4, -0.2) is 16.9 Å². The molecule has 1 unspecified atom stereocenters. The Morgan fingerprint density at radius 2 is 2.32 bits per heavy atom. The van der Waals surface area contributed by atoms with E-state index in [0.29, 0.717) is 0 Å². The van der Waals surface area contributed by atoms with Crippen molar-refractivity contribution in [3.63, 3.8) is 0 Å². The summed E-state index contributed by atoms with van der Waals surface area (Å²) in [6.07, 6.45) is 5.18. The van der Waals surface area contributed by atoms with Crippen LogP contribution in [0.25, 0.3) is 0 Å². The van der Waals surface area contributed by atoms with Gasteiger partial charge in [0, 0.05) is 0 Å². The topological polar surface area (TPSA) is 53.1 Å². The summed E-state index contributed by atoms with van der Waals surface area (Å²) in [6.45, 7) is 0. The molecule has 5 heteroatoms. The number of ether oxygens (including phenoxy) is 1. The van der Waals surface area contributed by atoms with Crippen molar-refractivity contribution >= 4 is 28.4 Å². The Bertz CT molecular complexity index is 609. The van der Waals surface area contributed by atoms with E-state index in [1.807, 2.05) is 16.9 Å². The molecule has 2 aromatic rings. The Balaban J connectivity index is 2.08. The largest absolute Gasteiger partial charge is 0.497 e. The van der Waals surface area contributed by atoms with Gasteiger partial charge in [0.2, 0.25) is 0 Å². The number of nitrogen functional groups attached to an aromatic ring is 1. The molecule has 1 atom stereocenters. The highest BCUT2D eigenvalue weighted by molar-refractivity contribution is 14.1. The minimum atomic E-state index is 0.224. The van der Waals surface area contributed by atoms with E-state index >= 15 is 0 Å². The SMILES string of the molecule is COc1ccc2c(c1)C(n1ncc(I)c1N)CCC2. The minimum Gasteiger partial charge on any atom is -0.497 e. The molecule has 1 aliphatic carbocycles. The van der Waals surface area contributed by atoms with Crippen LogP contribution in [0.1, 0.15) is 30.0 Å². The fraction of sp³-hybridized carbons (Fsp3) is 0.357. The van der Waals surface area contributed by atoms with E-state index in [1.165, 1.54) is 17.5 Å². The first-order chi connectivity index (χ1) is 9.20. The Morgan fingerprint density at radius 1 is 1.47 bits per heavy atom. The third kappa shape index (κ3) is 2.20. The number of hydrogen-bond donors (Lipinski definition) is 1. The number of halogens is 1. The van der Waals surface area contributed by atoms with Crippen LogP contribution in [0.3, 0.4) is 0 Å². The lowest BCUT2D eigenvalue weighted by atomic mass is 9.87. The smallest absolute Gasteiger partial charge is 0.135 e. The van der Waals surface area contributed by atoms with Crippen molar-refractivity contribution < 1.29 is 4.74 Å². The lowest BCUT2D eigenvalue weighted by Gasteiger charge is -2.27. The summed E-state index contributed by atoms with van der Waals surface area (Å²) < 4.78 is 8.29. The Morgan fingerprint density at radius 3 is 3.00 bits per heavy atom. The number of rotatable bonds is 2. The number of fused-ring (bicyclic) bond motifs is 1. The van der Waals surface area contributed by atoms with Gasteiger partial charge in [0.1, 0.15) is 11.6 Å². The molecule has 0 bridgehead atoms. The zero-order valence-electron chi connectivity index (χ0n) is 10.8. The van der Waals surface area contributed by atoms with E-state index in [-0.39, 0.29) is 6.04 Å². The van der Waals surface area contributed by atoms with Crippen molar-refractivity contribution in [2.75, 3.05) is 12.8 Å². The van der Waals surface area contributed by atoms with Gasteiger partial charge in [0.25, 0.3) is 0 Å². The van der Waals surface area contributed by atoms with Gasteiger partial charge in [-0.1, -0.05) is 6.07 Å². The Hall–Kier alpha value is -1.24. The molecule has 19 heavy (non-hydrogen) atoms. The lowest BCUT2D eigenvalue weighted by Crippen LogP contribution is -2.20. The highest BCUT2D eigenvalue weighted by atomic mass is 127. The van der Waals surface area contributed by atoms with Crippen LogP contribution in [0.5, 0.6) is 5.75 Å². The molecule has 0 saturated carbocycles. The highest BCUT2D eigenvalue weighted by Crippen LogP contribution is 2.36. The Kier molecular flexibility index (Phi) is 3.38. The van der Waals surface area contributed by atoms with E-state index in [4.69, 9.17) is 10.5 Å². The minimum absolute atomic E-state index is 0.224. The van der Waals surface area contributed by atoms with Gasteiger partial charge >= 0.3 is 0 Å². The van der Waals surface area contributed by atoms with Crippen LogP contribution in [0.2, 0.25) is 0 Å². The van der Waals surface area contributed by atoms with Gasteiger partial charge in [-0.3, -0.25) is 0 Å². The molecular weight excluding hydrogens is 353 g/mol. The third-order valence-corrected chi connectivity index (χ3v) is 4.55. The Labute approximate surface area is 126 Å². The van der Waals surface area contributed by atoms with Gasteiger partial charge in [-0.25, -0.2) is 4.68 Å². The first-order valence-electron chi connectivity index (χ1n) is 6.36. The second-order valence-electron chi connectivity index (χ2n) is 4.80. The van der Waals surface area contributed by atoms with Gasteiger partial charge in [-0.2, -0.15) is 5.10 Å². The van der Waals surface area contributed by atoms with E-state index in [2.05, 4.69) is 39.8 Å². The number of aryl methyl sites for hydroxylation is 1. The van der Waals surface area contributed by atoms with Crippen molar-refractivity contribution in [2.24, 2.45) is 0 Å². The van der Waals surface area contributed by atoms with Gasteiger partial charge in [0.05, 0.1) is 22.9 Å². The molecule has 100 valence electrons. The number of nitrogens with zero attached hydrogens (tertiary/aromatic N) is 2. The number of hydrogen-bond acceptors (Lipinski definition) is 3. The van der Waals surface area contributed by atoms with Crippen LogP contribution in [-0.2, 0) is 6.42 Å². The molecule has 1 aromatic carbocycles. The maximum Gasteiger partial charge on any atom is 0.135 e. The first-order valence-corrected chi connectivity index (χ1v) is 7.44. The van der Waals surface area contributed by atoms with Crippen LogP contribution in [0, 0.1) is 3.57 Å². The van der Waals surface area contributed by atoms with Crippen LogP contribution >= 0.6 is 22.6 Å². The molecule has 0 aliphatic heterocycles. The van der Waals surface area contributed by atoms with E-state index in [0.717, 1.165) is 28.0 Å². The van der Waals surface area contributed by atoms with Crippen molar-refractivity contribution in [3.8, 4) is 5.75 Å². The average molecular weight is 369 g/mol. The first kappa shape index (κ1) is 12.8. The van der Waals surface area contributed by atoms with Gasteiger partial charge in [-0.05, 0) is 65.1 Å². The fourth-order valence-electron chi connectivity index (χ4n) is 2.73. The van der Waals surface area contributed by atoms with Gasteiger partial charge in [-0.15, -0.1) is 0 Å². The van der Waals surface area contributed by atoms with Crippen molar-refractivity contribution in [2.45, 2.75) is 25.3 Å². The predicted molar refractivity (Wildman–Crippen MR) is 83.4 cm³/mol. The third-order valence-electron chi connectivity index (χ3n) is 3.72. The summed E-state index contributed by atoms with van der Waals surface area (Å²) in [5.41, 5.74) is 8.79. The maximum atomic E-state index is 6.12. The monoisotopic (exact) mass is 369 g/mol. The molecule has 2 N–H and O–H groups in total. The van der Waals surface area contributed by atoms with E-state index in [9.17, 15) is 0 Å². The molecule has 4 nitrogen and oxygen atoms in total. The van der Waals surface area contributed by atoms with Gasteiger partial charge in [0.15, 0.2) is 0 Å². The normalized spacial score (nSPS) is 18.1. The van der Waals surface area contributed by atoms with Gasteiger partial charge < -0.3 is 10.5 Å². The zero-order chi connectivity index (χ0) is 13.4. The summed E-state index contributed by atoms with van der Waals surface area (Å²) in [5, 5.41) is 4.44. The standard InChI is InChI=1S/C14H16IN3O/c1-19-10-6-5-9-3-2-4-13(11(9)7-10)18-14(16)12(15)8-17-18/h5-8,13H,2-4,16H2,1H3. The molecule has 1 heterocycles. The maximum absolute atomic E-state index is 6.12. The predicted octanol–water partition coefficient (Wildman–Crippen LogP) is 3.00. The lowest BCUT2D eigenvalue weighted by molar-refractivity contribution is 0.408. The number of methoxy groups -OCH3 is 1. The summed E-state index contributed by atoms with van der Waals surface area (Å²) in [5.74, 6) is 1.65. The quantitative estimate of drug-likeness (QED) is 0.829. The second-order valence-corrected chi connectivity index (χ2v) is 5.96. The van der Waals surface area contributed by atoms with Crippen LogP contribution in [0.15, 0.2) is 24.4 Å². The number of nitrogens with two attached hydrogens (primary N) is 1. The molecule has 0 saturated heterocycles. The number of benzene rings is 1. The number of aromatic nitrogens is 2. The molecular formula is C14H16IN3O. The molecule has 3 rings (SSSR count). The van der Waals surface area contributed by atoms with E-state index < -0.39 is 0 Å². The molecule has 0 amide bonds. The molecule has 1 aromatic heterocycles. The number of anilines is 1. The molecule has 1 aliphatic rings. The molecule has 0 fully saturated rings. The zero-order valence-corrected chi connectivity index (χ0v) is 12.9. The van der Waals surface area contributed by atoms with Crippen molar-refractivity contribution in [3.05, 3.63) is 39.1 Å². The van der Waals surface area contributed by atoms with E-state index in [1.54, 1.807) is 7.11 Å². The summed E-state index contributed by atoms with van der Waals surface area (Å²) in [6, 6.07) is 6.53. The molecule has 0 radical (unpaired) electrons. The average Bonchev–Trinajstić information content (AvgIpc) is 2.78. The molecule has 0 spiro atoms. The highest BCUT2D eigenvalue weighted by Gasteiger charge is 2.24.